The van der Waals surface area contributed by atoms with E-state index in [1.165, 1.54) is 19.3 Å². The summed E-state index contributed by atoms with van der Waals surface area (Å²) in [4.78, 5) is 13.5. The van der Waals surface area contributed by atoms with Crippen molar-refractivity contribution in [2.75, 3.05) is 19.5 Å². The number of anilines is 1. The molecule has 1 N–H and O–H groups in total. The highest BCUT2D eigenvalue weighted by Crippen LogP contribution is 2.69. The lowest BCUT2D eigenvalue weighted by Gasteiger charge is -2.64. The average molecular weight is 378 g/mol. The van der Waals surface area contributed by atoms with Crippen molar-refractivity contribution in [1.29, 1.82) is 0 Å². The summed E-state index contributed by atoms with van der Waals surface area (Å²) >= 11 is 6.19. The van der Waals surface area contributed by atoms with Crippen LogP contribution < -0.4 is 14.8 Å². The number of amides is 1. The van der Waals surface area contributed by atoms with Crippen LogP contribution in [0.2, 0.25) is 5.02 Å². The van der Waals surface area contributed by atoms with Crippen LogP contribution in [0.1, 0.15) is 52.4 Å². The fourth-order valence-electron chi connectivity index (χ4n) is 6.91. The number of halogens is 1. The Balaban J connectivity index is 1.65. The summed E-state index contributed by atoms with van der Waals surface area (Å²) in [6, 6.07) is 3.45. The Labute approximate surface area is 160 Å². The predicted octanol–water partition coefficient (Wildman–Crippen LogP) is 5.29. The molecule has 4 aliphatic rings. The van der Waals surface area contributed by atoms with E-state index in [4.69, 9.17) is 21.1 Å². The minimum absolute atomic E-state index is 0.127. The Morgan fingerprint density at radius 1 is 1.04 bits per heavy atom. The van der Waals surface area contributed by atoms with E-state index in [-0.39, 0.29) is 11.3 Å². The maximum absolute atomic E-state index is 13.5. The zero-order valence-electron chi connectivity index (χ0n) is 16.1. The molecule has 0 heterocycles. The first-order chi connectivity index (χ1) is 12.2. The van der Waals surface area contributed by atoms with Crippen molar-refractivity contribution in [3.63, 3.8) is 0 Å². The second kappa shape index (κ2) is 5.79. The highest BCUT2D eigenvalue weighted by atomic mass is 35.5. The SMILES string of the molecule is COc1cc(NC(=O)C23CC4CC(C)(CC(C)(C4)C2)C3)c(OC)cc1Cl. The topological polar surface area (TPSA) is 47.6 Å². The number of carbonyl (C=O) groups excluding carboxylic acids is 1. The van der Waals surface area contributed by atoms with E-state index in [1.54, 1.807) is 26.4 Å². The van der Waals surface area contributed by atoms with E-state index in [0.29, 0.717) is 39.0 Å². The van der Waals surface area contributed by atoms with Crippen LogP contribution in [-0.2, 0) is 4.79 Å². The molecule has 4 aliphatic carbocycles. The smallest absolute Gasteiger partial charge is 0.230 e. The number of hydrogen-bond donors (Lipinski definition) is 1. The maximum atomic E-state index is 13.5. The summed E-state index contributed by atoms with van der Waals surface area (Å²) in [5, 5.41) is 3.62. The first-order valence-corrected chi connectivity index (χ1v) is 9.81. The fourth-order valence-corrected chi connectivity index (χ4v) is 7.14. The van der Waals surface area contributed by atoms with Crippen LogP contribution >= 0.6 is 11.6 Å². The van der Waals surface area contributed by atoms with E-state index in [1.807, 2.05) is 0 Å². The van der Waals surface area contributed by atoms with E-state index >= 15 is 0 Å². The van der Waals surface area contributed by atoms with Gasteiger partial charge in [0.25, 0.3) is 0 Å². The minimum Gasteiger partial charge on any atom is -0.495 e. The van der Waals surface area contributed by atoms with Crippen LogP contribution in [0, 0.1) is 22.2 Å². The lowest BCUT2D eigenvalue weighted by molar-refractivity contribution is -0.165. The van der Waals surface area contributed by atoms with Gasteiger partial charge in [0.05, 0.1) is 30.3 Å². The predicted molar refractivity (Wildman–Crippen MR) is 103 cm³/mol. The van der Waals surface area contributed by atoms with Gasteiger partial charge in [-0.1, -0.05) is 25.4 Å². The molecule has 4 fully saturated rings. The highest BCUT2D eigenvalue weighted by molar-refractivity contribution is 6.32. The van der Waals surface area contributed by atoms with Gasteiger partial charge in [0.1, 0.15) is 11.5 Å². The molecule has 5 rings (SSSR count). The van der Waals surface area contributed by atoms with Crippen LogP contribution in [0.25, 0.3) is 0 Å². The van der Waals surface area contributed by atoms with Crippen LogP contribution in [-0.4, -0.2) is 20.1 Å². The molecule has 4 saturated carbocycles. The average Bonchev–Trinajstić information content (AvgIpc) is 2.52. The molecule has 4 bridgehead atoms. The lowest BCUT2D eigenvalue weighted by Crippen LogP contribution is -2.58. The molecular weight excluding hydrogens is 350 g/mol. The normalized spacial score (nSPS) is 37.5. The highest BCUT2D eigenvalue weighted by Gasteiger charge is 2.62. The molecule has 4 nitrogen and oxygen atoms in total. The molecule has 26 heavy (non-hydrogen) atoms. The largest absolute Gasteiger partial charge is 0.495 e. The molecule has 1 amide bonds. The molecule has 5 heteroatoms. The quantitative estimate of drug-likeness (QED) is 0.775. The molecule has 0 aliphatic heterocycles. The van der Waals surface area contributed by atoms with Gasteiger partial charge in [-0.3, -0.25) is 4.79 Å². The van der Waals surface area contributed by atoms with Crippen molar-refractivity contribution >= 4 is 23.2 Å². The molecule has 2 atom stereocenters. The summed E-state index contributed by atoms with van der Waals surface area (Å²) in [7, 11) is 3.15. The second-order valence-electron chi connectivity index (χ2n) is 9.55. The molecule has 1 aromatic rings. The van der Waals surface area contributed by atoms with E-state index in [2.05, 4.69) is 19.2 Å². The zero-order chi connectivity index (χ0) is 18.7. The fraction of sp³-hybridized carbons (Fsp3) is 0.667. The molecule has 0 radical (unpaired) electrons. The number of nitrogens with one attached hydrogen (secondary N) is 1. The number of rotatable bonds is 4. The Morgan fingerprint density at radius 3 is 2.19 bits per heavy atom. The van der Waals surface area contributed by atoms with Gasteiger partial charge in [0.15, 0.2) is 0 Å². The van der Waals surface area contributed by atoms with Crippen molar-refractivity contribution < 1.29 is 14.3 Å². The van der Waals surface area contributed by atoms with Gasteiger partial charge >= 0.3 is 0 Å². The van der Waals surface area contributed by atoms with Gasteiger partial charge in [-0.25, -0.2) is 0 Å². The molecule has 142 valence electrons. The monoisotopic (exact) mass is 377 g/mol. The number of carbonyl (C=O) groups is 1. The summed E-state index contributed by atoms with van der Waals surface area (Å²) < 4.78 is 10.7. The number of benzene rings is 1. The van der Waals surface area contributed by atoms with Gasteiger partial charge in [-0.05, 0) is 55.3 Å². The first-order valence-electron chi connectivity index (χ1n) is 9.43. The summed E-state index contributed by atoms with van der Waals surface area (Å²) in [5.41, 5.74) is 0.964. The number of methoxy groups -OCH3 is 2. The molecule has 0 saturated heterocycles. The van der Waals surface area contributed by atoms with Crippen molar-refractivity contribution in [3.8, 4) is 11.5 Å². The Bertz CT molecular complexity index is 744. The van der Waals surface area contributed by atoms with E-state index < -0.39 is 0 Å². The van der Waals surface area contributed by atoms with Gasteiger partial charge in [0.2, 0.25) is 5.91 Å². The Morgan fingerprint density at radius 2 is 1.65 bits per heavy atom. The zero-order valence-corrected chi connectivity index (χ0v) is 16.8. The molecular formula is C21H28ClNO3. The number of ether oxygens (including phenoxy) is 2. The van der Waals surface area contributed by atoms with Gasteiger partial charge in [-0.15, -0.1) is 0 Å². The standard InChI is InChI=1S/C21H28ClNO3/c1-19-7-13-8-20(2,10-19)12-21(9-13,11-19)18(24)23-15-6-16(25-3)14(22)5-17(15)26-4/h5-6,13H,7-12H2,1-4H3,(H,23,24). The summed E-state index contributed by atoms with van der Waals surface area (Å²) in [6.45, 7) is 4.76. The van der Waals surface area contributed by atoms with Crippen molar-refractivity contribution in [2.45, 2.75) is 52.4 Å². The second-order valence-corrected chi connectivity index (χ2v) is 9.96. The third kappa shape index (κ3) is 2.77. The molecule has 2 unspecified atom stereocenters. The van der Waals surface area contributed by atoms with Gasteiger partial charge in [-0.2, -0.15) is 0 Å². The minimum atomic E-state index is -0.263. The van der Waals surface area contributed by atoms with Crippen molar-refractivity contribution in [2.24, 2.45) is 22.2 Å². The Kier molecular flexibility index (Phi) is 4.00. The third-order valence-corrected chi connectivity index (χ3v) is 7.13. The lowest BCUT2D eigenvalue weighted by atomic mass is 9.40. The van der Waals surface area contributed by atoms with Crippen molar-refractivity contribution in [3.05, 3.63) is 17.2 Å². The number of hydrogen-bond acceptors (Lipinski definition) is 3. The molecule has 1 aromatic carbocycles. The van der Waals surface area contributed by atoms with Crippen LogP contribution in [0.5, 0.6) is 11.5 Å². The first kappa shape index (κ1) is 18.0. The summed E-state index contributed by atoms with van der Waals surface area (Å²) in [5.74, 6) is 1.90. The van der Waals surface area contributed by atoms with E-state index in [0.717, 1.165) is 19.3 Å². The van der Waals surface area contributed by atoms with Gasteiger partial charge in [0, 0.05) is 12.1 Å². The molecule has 0 spiro atoms. The van der Waals surface area contributed by atoms with Gasteiger partial charge < -0.3 is 14.8 Å². The Hall–Kier alpha value is -1.42. The van der Waals surface area contributed by atoms with E-state index in [9.17, 15) is 4.79 Å². The molecule has 0 aromatic heterocycles. The van der Waals surface area contributed by atoms with Crippen molar-refractivity contribution in [1.82, 2.24) is 0 Å². The summed E-state index contributed by atoms with van der Waals surface area (Å²) in [6.07, 6.45) is 6.79. The van der Waals surface area contributed by atoms with Crippen LogP contribution in [0.15, 0.2) is 12.1 Å². The van der Waals surface area contributed by atoms with Crippen LogP contribution in [0.3, 0.4) is 0 Å². The maximum Gasteiger partial charge on any atom is 0.230 e. The van der Waals surface area contributed by atoms with Crippen LogP contribution in [0.4, 0.5) is 5.69 Å². The third-order valence-electron chi connectivity index (χ3n) is 6.83.